The normalized spacial score (nSPS) is 17.4. The Morgan fingerprint density at radius 1 is 1.35 bits per heavy atom. The number of hydrogen-bond acceptors (Lipinski definition) is 4. The van der Waals surface area contributed by atoms with Gasteiger partial charge >= 0.3 is 0 Å². The summed E-state index contributed by atoms with van der Waals surface area (Å²) < 4.78 is 32.5. The van der Waals surface area contributed by atoms with Crippen LogP contribution in [0.2, 0.25) is 0 Å². The highest BCUT2D eigenvalue weighted by Crippen LogP contribution is 2.30. The quantitative estimate of drug-likeness (QED) is 0.887. The molecule has 1 heterocycles. The molecule has 0 aromatic heterocycles. The van der Waals surface area contributed by atoms with Gasteiger partial charge in [-0.25, -0.2) is 8.42 Å². The Kier molecular flexibility index (Phi) is 5.06. The number of halogens is 1. The summed E-state index contributed by atoms with van der Waals surface area (Å²) in [6.07, 6.45) is 1.67. The Morgan fingerprint density at radius 2 is 2.00 bits per heavy atom. The van der Waals surface area contributed by atoms with E-state index in [0.29, 0.717) is 10.2 Å². The van der Waals surface area contributed by atoms with Crippen LogP contribution in [-0.2, 0) is 10.0 Å². The van der Waals surface area contributed by atoms with Gasteiger partial charge in [-0.3, -0.25) is 0 Å². The van der Waals surface area contributed by atoms with Gasteiger partial charge in [0.2, 0.25) is 10.0 Å². The first kappa shape index (κ1) is 15.8. The van der Waals surface area contributed by atoms with E-state index in [1.54, 1.807) is 32.4 Å². The second kappa shape index (κ2) is 6.43. The summed E-state index contributed by atoms with van der Waals surface area (Å²) in [7, 11) is -0.284. The summed E-state index contributed by atoms with van der Waals surface area (Å²) >= 11 is 3.32. The SMILES string of the molecule is COc1ccc(S(=O)(=O)N(C)C2CCNCC2)c(Br)c1. The van der Waals surface area contributed by atoms with E-state index in [1.165, 1.54) is 4.31 Å². The van der Waals surface area contributed by atoms with E-state index in [2.05, 4.69) is 21.2 Å². The lowest BCUT2D eigenvalue weighted by atomic mass is 10.1. The number of methoxy groups -OCH3 is 1. The van der Waals surface area contributed by atoms with E-state index in [9.17, 15) is 8.42 Å². The first-order valence-corrected chi connectivity index (χ1v) is 8.72. The molecule has 0 radical (unpaired) electrons. The predicted molar refractivity (Wildman–Crippen MR) is 81.5 cm³/mol. The topological polar surface area (TPSA) is 58.6 Å². The monoisotopic (exact) mass is 362 g/mol. The smallest absolute Gasteiger partial charge is 0.244 e. The van der Waals surface area contributed by atoms with Crippen LogP contribution in [0.1, 0.15) is 12.8 Å². The minimum absolute atomic E-state index is 0.0512. The Morgan fingerprint density at radius 3 is 2.55 bits per heavy atom. The van der Waals surface area contributed by atoms with Crippen LogP contribution < -0.4 is 10.1 Å². The van der Waals surface area contributed by atoms with Gasteiger partial charge in [-0.15, -0.1) is 0 Å². The Hall–Kier alpha value is -0.630. The lowest BCUT2D eigenvalue weighted by Gasteiger charge is -2.31. The number of nitrogens with zero attached hydrogens (tertiary/aromatic N) is 1. The van der Waals surface area contributed by atoms with Crippen molar-refractivity contribution in [3.05, 3.63) is 22.7 Å². The second-order valence-electron chi connectivity index (χ2n) is 4.80. The highest BCUT2D eigenvalue weighted by molar-refractivity contribution is 9.10. The van der Waals surface area contributed by atoms with Crippen LogP contribution in [0.3, 0.4) is 0 Å². The number of rotatable bonds is 4. The molecule has 1 saturated heterocycles. The number of hydrogen-bond donors (Lipinski definition) is 1. The molecular formula is C13H19BrN2O3S. The molecule has 2 rings (SSSR count). The third-order valence-electron chi connectivity index (χ3n) is 3.62. The van der Waals surface area contributed by atoms with Crippen molar-refractivity contribution in [3.63, 3.8) is 0 Å². The van der Waals surface area contributed by atoms with E-state index < -0.39 is 10.0 Å². The van der Waals surface area contributed by atoms with E-state index in [0.717, 1.165) is 25.9 Å². The van der Waals surface area contributed by atoms with Crippen LogP contribution in [0.4, 0.5) is 0 Å². The van der Waals surface area contributed by atoms with Gasteiger partial charge in [-0.1, -0.05) is 0 Å². The van der Waals surface area contributed by atoms with Crippen molar-refractivity contribution in [2.24, 2.45) is 0 Å². The molecule has 0 aliphatic carbocycles. The lowest BCUT2D eigenvalue weighted by Crippen LogP contribution is -2.43. The number of ether oxygens (including phenoxy) is 1. The number of piperidine rings is 1. The standard InChI is InChI=1S/C13H19BrN2O3S/c1-16(10-5-7-15-8-6-10)20(17,18)13-4-3-11(19-2)9-12(13)14/h3-4,9-10,15H,5-8H2,1-2H3. The van der Waals surface area contributed by atoms with Crippen molar-refractivity contribution in [3.8, 4) is 5.75 Å². The average molecular weight is 363 g/mol. The molecule has 1 N–H and O–H groups in total. The molecule has 1 aliphatic heterocycles. The third-order valence-corrected chi connectivity index (χ3v) is 6.51. The first-order chi connectivity index (χ1) is 9.46. The van der Waals surface area contributed by atoms with Gasteiger partial charge in [0.1, 0.15) is 5.75 Å². The fourth-order valence-corrected chi connectivity index (χ4v) is 4.77. The summed E-state index contributed by atoms with van der Waals surface area (Å²) in [6, 6.07) is 4.96. The van der Waals surface area contributed by atoms with Crippen LogP contribution >= 0.6 is 15.9 Å². The van der Waals surface area contributed by atoms with E-state index in [-0.39, 0.29) is 10.9 Å². The molecule has 0 spiro atoms. The highest BCUT2D eigenvalue weighted by atomic mass is 79.9. The van der Waals surface area contributed by atoms with Crippen molar-refractivity contribution < 1.29 is 13.2 Å². The van der Waals surface area contributed by atoms with Gasteiger partial charge < -0.3 is 10.1 Å². The van der Waals surface area contributed by atoms with Crippen molar-refractivity contribution in [1.82, 2.24) is 9.62 Å². The van der Waals surface area contributed by atoms with Gasteiger partial charge in [0, 0.05) is 17.6 Å². The second-order valence-corrected chi connectivity index (χ2v) is 7.62. The maximum Gasteiger partial charge on any atom is 0.244 e. The van der Waals surface area contributed by atoms with E-state index in [1.807, 2.05) is 0 Å². The largest absolute Gasteiger partial charge is 0.497 e. The third kappa shape index (κ3) is 3.16. The summed E-state index contributed by atoms with van der Waals surface area (Å²) in [4.78, 5) is 0.277. The Balaban J connectivity index is 2.29. The maximum absolute atomic E-state index is 12.7. The van der Waals surface area contributed by atoms with Crippen LogP contribution in [0.15, 0.2) is 27.6 Å². The molecule has 0 amide bonds. The van der Waals surface area contributed by atoms with Crippen LogP contribution in [0.25, 0.3) is 0 Å². The minimum atomic E-state index is -3.49. The number of benzene rings is 1. The molecule has 112 valence electrons. The average Bonchev–Trinajstić information content (AvgIpc) is 2.46. The molecule has 5 nitrogen and oxygen atoms in total. The van der Waals surface area contributed by atoms with Gasteiger partial charge in [0.25, 0.3) is 0 Å². The zero-order valence-electron chi connectivity index (χ0n) is 11.6. The summed E-state index contributed by atoms with van der Waals surface area (Å²) in [5.41, 5.74) is 0. The first-order valence-electron chi connectivity index (χ1n) is 6.49. The minimum Gasteiger partial charge on any atom is -0.497 e. The van der Waals surface area contributed by atoms with Gasteiger partial charge in [-0.05, 0) is 60.1 Å². The van der Waals surface area contributed by atoms with Crippen molar-refractivity contribution in [2.75, 3.05) is 27.2 Å². The predicted octanol–water partition coefficient (Wildman–Crippen LogP) is 1.83. The van der Waals surface area contributed by atoms with Crippen molar-refractivity contribution in [1.29, 1.82) is 0 Å². The van der Waals surface area contributed by atoms with Gasteiger partial charge in [0.05, 0.1) is 12.0 Å². The molecule has 0 saturated carbocycles. The van der Waals surface area contributed by atoms with E-state index in [4.69, 9.17) is 4.74 Å². The van der Waals surface area contributed by atoms with Crippen molar-refractivity contribution >= 4 is 26.0 Å². The highest BCUT2D eigenvalue weighted by Gasteiger charge is 2.30. The number of sulfonamides is 1. The molecular weight excluding hydrogens is 344 g/mol. The molecule has 1 aromatic rings. The zero-order valence-corrected chi connectivity index (χ0v) is 14.0. The molecule has 20 heavy (non-hydrogen) atoms. The lowest BCUT2D eigenvalue weighted by molar-refractivity contribution is 0.296. The Bertz CT molecular complexity index is 571. The maximum atomic E-state index is 12.7. The molecule has 1 aromatic carbocycles. The van der Waals surface area contributed by atoms with Gasteiger partial charge in [0.15, 0.2) is 0 Å². The summed E-state index contributed by atoms with van der Waals surface area (Å²) in [6.45, 7) is 1.71. The van der Waals surface area contributed by atoms with Crippen LogP contribution in [0, 0.1) is 0 Å². The van der Waals surface area contributed by atoms with Crippen LogP contribution in [0.5, 0.6) is 5.75 Å². The summed E-state index contributed by atoms with van der Waals surface area (Å²) in [5, 5.41) is 3.24. The molecule has 1 aliphatic rings. The molecule has 0 unspecified atom stereocenters. The van der Waals surface area contributed by atoms with Crippen LogP contribution in [-0.4, -0.2) is 46.0 Å². The molecule has 1 fully saturated rings. The van der Waals surface area contributed by atoms with Gasteiger partial charge in [-0.2, -0.15) is 4.31 Å². The van der Waals surface area contributed by atoms with Crippen molar-refractivity contribution in [2.45, 2.75) is 23.8 Å². The Labute approximate surface area is 128 Å². The summed E-state index contributed by atoms with van der Waals surface area (Å²) in [5.74, 6) is 0.625. The fraction of sp³-hybridized carbons (Fsp3) is 0.538. The zero-order chi connectivity index (χ0) is 14.8. The van der Waals surface area contributed by atoms with E-state index >= 15 is 0 Å². The molecule has 0 bridgehead atoms. The number of nitrogens with one attached hydrogen (secondary N) is 1. The molecule has 7 heteroatoms. The molecule has 0 atom stereocenters. The fourth-order valence-electron chi connectivity index (χ4n) is 2.34.